The standard InChI is InChI=1S/C15H32N2O2/c1-5-8-17-9-6-7-14(11-17)13(2)16-10-15(19-4)12-18-3/h13-16H,5-12H2,1-4H3. The Kier molecular flexibility index (Phi) is 8.62. The molecule has 1 heterocycles. The van der Waals surface area contributed by atoms with Gasteiger partial charge in [-0.25, -0.2) is 0 Å². The van der Waals surface area contributed by atoms with Gasteiger partial charge in [-0.05, 0) is 45.2 Å². The molecule has 1 fully saturated rings. The zero-order valence-electron chi connectivity index (χ0n) is 13.2. The van der Waals surface area contributed by atoms with E-state index in [0.29, 0.717) is 12.6 Å². The maximum atomic E-state index is 5.39. The highest BCUT2D eigenvalue weighted by atomic mass is 16.5. The van der Waals surface area contributed by atoms with Crippen molar-refractivity contribution in [3.8, 4) is 0 Å². The molecule has 0 aromatic rings. The predicted octanol–water partition coefficient (Wildman–Crippen LogP) is 1.75. The van der Waals surface area contributed by atoms with Crippen LogP contribution >= 0.6 is 0 Å². The molecule has 3 atom stereocenters. The number of hydrogen-bond acceptors (Lipinski definition) is 4. The third-order valence-electron chi connectivity index (χ3n) is 4.14. The van der Waals surface area contributed by atoms with E-state index in [1.807, 2.05) is 0 Å². The third kappa shape index (κ3) is 6.21. The van der Waals surface area contributed by atoms with E-state index in [9.17, 15) is 0 Å². The Hall–Kier alpha value is -0.160. The number of nitrogens with zero attached hydrogens (tertiary/aromatic N) is 1. The molecule has 0 radical (unpaired) electrons. The van der Waals surface area contributed by atoms with Crippen LogP contribution in [-0.4, -0.2) is 64.1 Å². The number of nitrogens with one attached hydrogen (secondary N) is 1. The Morgan fingerprint density at radius 2 is 2.16 bits per heavy atom. The van der Waals surface area contributed by atoms with E-state index in [1.165, 1.54) is 38.9 Å². The lowest BCUT2D eigenvalue weighted by Gasteiger charge is -2.36. The summed E-state index contributed by atoms with van der Waals surface area (Å²) in [5, 5.41) is 3.62. The maximum absolute atomic E-state index is 5.39. The van der Waals surface area contributed by atoms with Gasteiger partial charge in [0.1, 0.15) is 0 Å². The Balaban J connectivity index is 2.29. The molecule has 0 aromatic carbocycles. The molecule has 4 heteroatoms. The molecule has 0 spiro atoms. The summed E-state index contributed by atoms with van der Waals surface area (Å²) in [7, 11) is 3.47. The predicted molar refractivity (Wildman–Crippen MR) is 79.6 cm³/mol. The van der Waals surface area contributed by atoms with Crippen LogP contribution in [0, 0.1) is 5.92 Å². The summed E-state index contributed by atoms with van der Waals surface area (Å²) in [5.41, 5.74) is 0. The second kappa shape index (κ2) is 9.70. The molecule has 0 aromatic heterocycles. The first-order chi connectivity index (χ1) is 9.21. The number of piperidine rings is 1. The van der Waals surface area contributed by atoms with E-state index in [-0.39, 0.29) is 6.10 Å². The second-order valence-corrected chi connectivity index (χ2v) is 5.71. The van der Waals surface area contributed by atoms with Crippen LogP contribution in [0.4, 0.5) is 0 Å². The van der Waals surface area contributed by atoms with E-state index < -0.39 is 0 Å². The highest BCUT2D eigenvalue weighted by Crippen LogP contribution is 2.19. The van der Waals surface area contributed by atoms with Gasteiger partial charge in [0.15, 0.2) is 0 Å². The SMILES string of the molecule is CCCN1CCCC(C(C)NCC(COC)OC)C1. The lowest BCUT2D eigenvalue weighted by atomic mass is 9.91. The van der Waals surface area contributed by atoms with Crippen molar-refractivity contribution in [2.75, 3.05) is 47.0 Å². The van der Waals surface area contributed by atoms with Crippen molar-refractivity contribution in [3.63, 3.8) is 0 Å². The molecule has 1 rings (SSSR count). The molecule has 0 amide bonds. The summed E-state index contributed by atoms with van der Waals surface area (Å²) in [5.74, 6) is 0.764. The maximum Gasteiger partial charge on any atom is 0.0928 e. The van der Waals surface area contributed by atoms with Gasteiger partial charge in [0, 0.05) is 33.4 Å². The molecule has 0 bridgehead atoms. The highest BCUT2D eigenvalue weighted by molar-refractivity contribution is 4.81. The molecular formula is C15H32N2O2. The quantitative estimate of drug-likeness (QED) is 0.693. The van der Waals surface area contributed by atoms with Gasteiger partial charge in [-0.2, -0.15) is 0 Å². The second-order valence-electron chi connectivity index (χ2n) is 5.71. The van der Waals surface area contributed by atoms with Crippen LogP contribution in [0.25, 0.3) is 0 Å². The molecule has 1 aliphatic heterocycles. The highest BCUT2D eigenvalue weighted by Gasteiger charge is 2.24. The minimum Gasteiger partial charge on any atom is -0.382 e. The number of methoxy groups -OCH3 is 2. The van der Waals surface area contributed by atoms with E-state index >= 15 is 0 Å². The van der Waals surface area contributed by atoms with Crippen LogP contribution in [0.2, 0.25) is 0 Å². The summed E-state index contributed by atoms with van der Waals surface area (Å²) in [6, 6.07) is 0.550. The van der Waals surface area contributed by atoms with Crippen LogP contribution in [0.3, 0.4) is 0 Å². The van der Waals surface area contributed by atoms with Crippen molar-refractivity contribution in [2.24, 2.45) is 5.92 Å². The fourth-order valence-electron chi connectivity index (χ4n) is 2.90. The van der Waals surface area contributed by atoms with Crippen molar-refractivity contribution < 1.29 is 9.47 Å². The van der Waals surface area contributed by atoms with Crippen LogP contribution in [-0.2, 0) is 9.47 Å². The van der Waals surface area contributed by atoms with Crippen molar-refractivity contribution in [1.82, 2.24) is 10.2 Å². The van der Waals surface area contributed by atoms with E-state index in [0.717, 1.165) is 12.5 Å². The number of rotatable bonds is 9. The molecule has 3 unspecified atom stereocenters. The molecule has 19 heavy (non-hydrogen) atoms. The molecule has 1 aliphatic rings. The fourth-order valence-corrected chi connectivity index (χ4v) is 2.90. The summed E-state index contributed by atoms with van der Waals surface area (Å²) in [6.07, 6.45) is 4.09. The average Bonchev–Trinajstić information content (AvgIpc) is 2.43. The normalized spacial score (nSPS) is 24.3. The molecule has 1 saturated heterocycles. The average molecular weight is 272 g/mol. The largest absolute Gasteiger partial charge is 0.382 e. The summed E-state index contributed by atoms with van der Waals surface area (Å²) >= 11 is 0. The van der Waals surface area contributed by atoms with E-state index in [2.05, 4.69) is 24.1 Å². The van der Waals surface area contributed by atoms with Crippen molar-refractivity contribution >= 4 is 0 Å². The van der Waals surface area contributed by atoms with E-state index in [1.54, 1.807) is 14.2 Å². The minimum atomic E-state index is 0.155. The molecule has 0 saturated carbocycles. The van der Waals surface area contributed by atoms with E-state index in [4.69, 9.17) is 9.47 Å². The van der Waals surface area contributed by atoms with Crippen LogP contribution < -0.4 is 5.32 Å². The van der Waals surface area contributed by atoms with Gasteiger partial charge in [-0.3, -0.25) is 0 Å². The number of hydrogen-bond donors (Lipinski definition) is 1. The lowest BCUT2D eigenvalue weighted by molar-refractivity contribution is 0.0252. The molecule has 114 valence electrons. The molecule has 1 N–H and O–H groups in total. The lowest BCUT2D eigenvalue weighted by Crippen LogP contribution is -2.46. The molecule has 0 aliphatic carbocycles. The first-order valence-corrected chi connectivity index (χ1v) is 7.68. The van der Waals surface area contributed by atoms with Crippen LogP contribution in [0.5, 0.6) is 0 Å². The Morgan fingerprint density at radius 3 is 2.79 bits per heavy atom. The van der Waals surface area contributed by atoms with Gasteiger partial charge in [0.2, 0.25) is 0 Å². The zero-order valence-corrected chi connectivity index (χ0v) is 13.2. The topological polar surface area (TPSA) is 33.7 Å². The van der Waals surface area contributed by atoms with Gasteiger partial charge in [0.05, 0.1) is 12.7 Å². The van der Waals surface area contributed by atoms with Crippen LogP contribution in [0.15, 0.2) is 0 Å². The smallest absolute Gasteiger partial charge is 0.0928 e. The summed E-state index contributed by atoms with van der Waals surface area (Å²) < 4.78 is 10.5. The first kappa shape index (κ1) is 16.9. The summed E-state index contributed by atoms with van der Waals surface area (Å²) in [4.78, 5) is 2.61. The van der Waals surface area contributed by atoms with Gasteiger partial charge in [-0.1, -0.05) is 6.92 Å². The molecule has 4 nitrogen and oxygen atoms in total. The fraction of sp³-hybridized carbons (Fsp3) is 1.00. The van der Waals surface area contributed by atoms with Crippen molar-refractivity contribution in [1.29, 1.82) is 0 Å². The number of likely N-dealkylation sites (tertiary alicyclic amines) is 1. The zero-order chi connectivity index (χ0) is 14.1. The Morgan fingerprint density at radius 1 is 1.37 bits per heavy atom. The van der Waals surface area contributed by atoms with Crippen molar-refractivity contribution in [2.45, 2.75) is 45.3 Å². The Bertz CT molecular complexity index is 224. The van der Waals surface area contributed by atoms with Gasteiger partial charge in [0.25, 0.3) is 0 Å². The van der Waals surface area contributed by atoms with Crippen LogP contribution in [0.1, 0.15) is 33.1 Å². The summed E-state index contributed by atoms with van der Waals surface area (Å²) in [6.45, 7) is 9.86. The van der Waals surface area contributed by atoms with Gasteiger partial charge < -0.3 is 19.7 Å². The first-order valence-electron chi connectivity index (χ1n) is 7.68. The van der Waals surface area contributed by atoms with Crippen molar-refractivity contribution in [3.05, 3.63) is 0 Å². The van der Waals surface area contributed by atoms with Gasteiger partial charge in [-0.15, -0.1) is 0 Å². The monoisotopic (exact) mass is 272 g/mol. The minimum absolute atomic E-state index is 0.155. The Labute approximate surface area is 118 Å². The van der Waals surface area contributed by atoms with Gasteiger partial charge >= 0.3 is 0 Å². The number of ether oxygens (including phenoxy) is 2. The molecular weight excluding hydrogens is 240 g/mol. The third-order valence-corrected chi connectivity index (χ3v) is 4.14.